The molecule has 0 saturated carbocycles. The zero-order valence-electron chi connectivity index (χ0n) is 18.0. The Balaban J connectivity index is 1.70. The minimum atomic E-state index is -4.51. The molecule has 34 heavy (non-hydrogen) atoms. The number of pyridine rings is 2. The van der Waals surface area contributed by atoms with Crippen LogP contribution < -0.4 is 15.0 Å². The van der Waals surface area contributed by atoms with Crippen molar-refractivity contribution in [1.82, 2.24) is 9.97 Å². The summed E-state index contributed by atoms with van der Waals surface area (Å²) >= 11 is 0. The van der Waals surface area contributed by atoms with Gasteiger partial charge >= 0.3 is 6.18 Å². The number of fused-ring (bicyclic) bond motifs is 3. The molecule has 0 aliphatic carbocycles. The number of amides is 2. The molecule has 0 radical (unpaired) electrons. The second-order valence-electron chi connectivity index (χ2n) is 7.56. The number of ether oxygens (including phenoxy) is 1. The maximum atomic E-state index is 15.1. The largest absolute Gasteiger partial charge is 0.481 e. The number of benzene rings is 1. The highest BCUT2D eigenvalue weighted by Gasteiger charge is 2.36. The third kappa shape index (κ3) is 4.28. The molecule has 0 fully saturated rings. The molecule has 7 nitrogen and oxygen atoms in total. The van der Waals surface area contributed by atoms with Crippen molar-refractivity contribution in [1.29, 1.82) is 0 Å². The Bertz CT molecular complexity index is 1260. The van der Waals surface area contributed by atoms with Gasteiger partial charge in [-0.2, -0.15) is 22.5 Å². The number of hydrogen-bond donors (Lipinski definition) is 1. The quantitative estimate of drug-likeness (QED) is 0.448. The van der Waals surface area contributed by atoms with Crippen LogP contribution in [0.2, 0.25) is 0 Å². The van der Waals surface area contributed by atoms with Gasteiger partial charge in [0.15, 0.2) is 0 Å². The SMILES string of the molecule is COc1cc2c(c(F)n1)-c1cccnc1C(C)C(=O)N2CC(=O)Nc1ccc(C(F)(F)F)cc1. The summed E-state index contributed by atoms with van der Waals surface area (Å²) in [6.07, 6.45) is -3.04. The van der Waals surface area contributed by atoms with E-state index in [1.807, 2.05) is 0 Å². The second kappa shape index (κ2) is 8.73. The van der Waals surface area contributed by atoms with Gasteiger partial charge in [0.25, 0.3) is 0 Å². The Morgan fingerprint density at radius 2 is 1.91 bits per heavy atom. The third-order valence-corrected chi connectivity index (χ3v) is 5.38. The van der Waals surface area contributed by atoms with Crippen molar-refractivity contribution >= 4 is 23.2 Å². The molecular weight excluding hydrogens is 456 g/mol. The number of carbonyl (C=O) groups excluding carboxylic acids is 2. The molecular formula is C23H18F4N4O3. The topological polar surface area (TPSA) is 84.4 Å². The van der Waals surface area contributed by atoms with E-state index in [9.17, 15) is 22.8 Å². The van der Waals surface area contributed by atoms with Gasteiger partial charge in [-0.1, -0.05) is 6.07 Å². The Labute approximate surface area is 191 Å². The van der Waals surface area contributed by atoms with Crippen molar-refractivity contribution in [3.8, 4) is 17.0 Å². The molecule has 3 heterocycles. The highest BCUT2D eigenvalue weighted by atomic mass is 19.4. The molecule has 176 valence electrons. The second-order valence-corrected chi connectivity index (χ2v) is 7.56. The van der Waals surface area contributed by atoms with Crippen LogP contribution in [0.5, 0.6) is 5.88 Å². The van der Waals surface area contributed by atoms with Gasteiger partial charge in [-0.25, -0.2) is 0 Å². The van der Waals surface area contributed by atoms with Gasteiger partial charge in [-0.3, -0.25) is 14.6 Å². The van der Waals surface area contributed by atoms with Crippen molar-refractivity contribution < 1.29 is 31.9 Å². The van der Waals surface area contributed by atoms with E-state index in [0.29, 0.717) is 11.3 Å². The Hall–Kier alpha value is -4.02. The van der Waals surface area contributed by atoms with Gasteiger partial charge in [0.1, 0.15) is 6.54 Å². The normalized spacial score (nSPS) is 15.3. The average Bonchev–Trinajstić information content (AvgIpc) is 2.88. The number of aromatic nitrogens is 2. The molecule has 0 saturated heterocycles. The van der Waals surface area contributed by atoms with E-state index in [0.717, 1.165) is 29.2 Å². The third-order valence-electron chi connectivity index (χ3n) is 5.38. The lowest BCUT2D eigenvalue weighted by atomic mass is 9.98. The van der Waals surface area contributed by atoms with Crippen LogP contribution in [-0.4, -0.2) is 35.4 Å². The standard InChI is InChI=1S/C23H18F4N4O3/c1-12-20-15(4-3-9-28-20)19-16(10-18(34-2)30-21(19)24)31(22(12)33)11-17(32)29-14-7-5-13(6-8-14)23(25,26)27/h3-10,12H,11H2,1-2H3,(H,29,32). The first-order valence-corrected chi connectivity index (χ1v) is 10.1. The molecule has 1 aliphatic rings. The molecule has 1 aromatic carbocycles. The minimum absolute atomic E-state index is 0.0102. The van der Waals surface area contributed by atoms with Gasteiger partial charge in [-0.05, 0) is 37.3 Å². The van der Waals surface area contributed by atoms with Crippen molar-refractivity contribution in [3.05, 3.63) is 65.9 Å². The van der Waals surface area contributed by atoms with E-state index in [4.69, 9.17) is 4.74 Å². The predicted molar refractivity (Wildman–Crippen MR) is 115 cm³/mol. The molecule has 1 atom stereocenters. The van der Waals surface area contributed by atoms with E-state index in [1.54, 1.807) is 19.1 Å². The van der Waals surface area contributed by atoms with Crippen LogP contribution in [0.4, 0.5) is 28.9 Å². The number of rotatable bonds is 4. The van der Waals surface area contributed by atoms with Crippen molar-refractivity contribution in [3.63, 3.8) is 0 Å². The lowest BCUT2D eigenvalue weighted by Gasteiger charge is -2.24. The van der Waals surface area contributed by atoms with E-state index >= 15 is 4.39 Å². The summed E-state index contributed by atoms with van der Waals surface area (Å²) in [5.41, 5.74) is -0.0189. The van der Waals surface area contributed by atoms with Gasteiger partial charge in [0.05, 0.1) is 35.5 Å². The maximum absolute atomic E-state index is 15.1. The highest BCUT2D eigenvalue weighted by molar-refractivity contribution is 6.09. The fourth-order valence-electron chi connectivity index (χ4n) is 3.74. The number of hydrogen-bond acceptors (Lipinski definition) is 5. The number of anilines is 2. The van der Waals surface area contributed by atoms with E-state index in [2.05, 4.69) is 15.3 Å². The molecule has 2 amide bonds. The zero-order valence-corrected chi connectivity index (χ0v) is 18.0. The van der Waals surface area contributed by atoms with Crippen LogP contribution in [0.15, 0.2) is 48.7 Å². The van der Waals surface area contributed by atoms with Crippen molar-refractivity contribution in [2.75, 3.05) is 23.9 Å². The lowest BCUT2D eigenvalue weighted by Crippen LogP contribution is -2.40. The van der Waals surface area contributed by atoms with Crippen LogP contribution in [-0.2, 0) is 15.8 Å². The Kier molecular flexibility index (Phi) is 5.94. The number of alkyl halides is 3. The molecule has 11 heteroatoms. The summed E-state index contributed by atoms with van der Waals surface area (Å²) in [6.45, 7) is 1.06. The summed E-state index contributed by atoms with van der Waals surface area (Å²) in [7, 11) is 1.28. The van der Waals surface area contributed by atoms with Crippen molar-refractivity contribution in [2.24, 2.45) is 0 Å². The van der Waals surface area contributed by atoms with Gasteiger partial charge in [0, 0.05) is 23.5 Å². The number of halogens is 4. The monoisotopic (exact) mass is 474 g/mol. The molecule has 0 spiro atoms. The number of methoxy groups -OCH3 is 1. The van der Waals surface area contributed by atoms with Crippen molar-refractivity contribution in [2.45, 2.75) is 19.0 Å². The van der Waals surface area contributed by atoms with Gasteiger partial charge in [-0.15, -0.1) is 0 Å². The summed E-state index contributed by atoms with van der Waals surface area (Å²) in [5, 5.41) is 2.46. The molecule has 3 aromatic rings. The molecule has 4 rings (SSSR count). The Morgan fingerprint density at radius 3 is 2.56 bits per heavy atom. The fraction of sp³-hybridized carbons (Fsp3) is 0.217. The summed E-state index contributed by atoms with van der Waals surface area (Å²) < 4.78 is 58.4. The van der Waals surface area contributed by atoms with Crippen LogP contribution in [0.1, 0.15) is 24.1 Å². The van der Waals surface area contributed by atoms with Gasteiger partial charge in [0.2, 0.25) is 23.6 Å². The molecule has 2 aromatic heterocycles. The van der Waals surface area contributed by atoms with Crippen LogP contribution in [0, 0.1) is 5.95 Å². The smallest absolute Gasteiger partial charge is 0.416 e. The maximum Gasteiger partial charge on any atom is 0.416 e. The highest BCUT2D eigenvalue weighted by Crippen LogP contribution is 2.42. The van der Waals surface area contributed by atoms with E-state index in [-0.39, 0.29) is 22.8 Å². The van der Waals surface area contributed by atoms with Crippen LogP contribution >= 0.6 is 0 Å². The van der Waals surface area contributed by atoms with E-state index in [1.165, 1.54) is 19.4 Å². The van der Waals surface area contributed by atoms with Crippen LogP contribution in [0.25, 0.3) is 11.1 Å². The van der Waals surface area contributed by atoms with Gasteiger partial charge < -0.3 is 15.0 Å². The molecule has 1 N–H and O–H groups in total. The molecule has 0 bridgehead atoms. The zero-order chi connectivity index (χ0) is 24.6. The minimum Gasteiger partial charge on any atom is -0.481 e. The summed E-state index contributed by atoms with van der Waals surface area (Å²) in [6, 6.07) is 8.42. The Morgan fingerprint density at radius 1 is 1.21 bits per heavy atom. The number of nitrogens with one attached hydrogen (secondary N) is 1. The summed E-state index contributed by atoms with van der Waals surface area (Å²) in [5.74, 6) is -3.03. The fourth-order valence-corrected chi connectivity index (χ4v) is 3.74. The van der Waals surface area contributed by atoms with E-state index < -0.39 is 42.0 Å². The number of carbonyl (C=O) groups is 2. The molecule has 1 aliphatic heterocycles. The first-order chi connectivity index (χ1) is 16.1. The first-order valence-electron chi connectivity index (χ1n) is 10.1. The average molecular weight is 474 g/mol. The predicted octanol–water partition coefficient (Wildman–Crippen LogP) is 4.40. The first kappa shape index (κ1) is 23.1. The van der Waals surface area contributed by atoms with Crippen LogP contribution in [0.3, 0.4) is 0 Å². The summed E-state index contributed by atoms with van der Waals surface area (Å²) in [4.78, 5) is 35.2. The molecule has 1 unspecified atom stereocenters. The lowest BCUT2D eigenvalue weighted by molar-refractivity contribution is -0.137. The number of nitrogens with zero attached hydrogens (tertiary/aromatic N) is 3.